The number of ether oxygens (including phenoxy) is 1. The molecule has 0 radical (unpaired) electrons. The molecule has 18 heavy (non-hydrogen) atoms. The summed E-state index contributed by atoms with van der Waals surface area (Å²) in [5.41, 5.74) is -0.654. The molecule has 1 rings (SSSR count). The number of hydrogen-bond acceptors (Lipinski definition) is 2. The lowest BCUT2D eigenvalue weighted by atomic mass is 10.2. The minimum atomic E-state index is -4.29. The molecule has 1 aromatic carbocycles. The van der Waals surface area contributed by atoms with Gasteiger partial charge in [0.1, 0.15) is 5.75 Å². The Morgan fingerprint density at radius 1 is 1.11 bits per heavy atom. The molecule has 0 bridgehead atoms. The molecule has 0 aliphatic rings. The maximum absolute atomic E-state index is 12.3. The number of nitrogens with zero attached hydrogens (tertiary/aromatic N) is 1. The molecule has 104 valence electrons. The van der Waals surface area contributed by atoms with Crippen LogP contribution in [0.1, 0.15) is 12.0 Å². The Morgan fingerprint density at radius 3 is 2.11 bits per heavy atom. The summed E-state index contributed by atoms with van der Waals surface area (Å²) in [5, 5.41) is 0. The maximum Gasteiger partial charge on any atom is 0.416 e. The van der Waals surface area contributed by atoms with Gasteiger partial charge in [0.2, 0.25) is 0 Å². The quantitative estimate of drug-likeness (QED) is 0.768. The first kappa shape index (κ1) is 17.1. The fourth-order valence-corrected chi connectivity index (χ4v) is 1.31. The van der Waals surface area contributed by atoms with E-state index in [2.05, 4.69) is 0 Å². The highest BCUT2D eigenvalue weighted by Crippen LogP contribution is 2.30. The van der Waals surface area contributed by atoms with Crippen LogP contribution in [0.25, 0.3) is 0 Å². The molecule has 0 aliphatic heterocycles. The van der Waals surface area contributed by atoms with Crippen molar-refractivity contribution in [3.05, 3.63) is 29.8 Å². The van der Waals surface area contributed by atoms with Gasteiger partial charge in [0.25, 0.3) is 0 Å². The van der Waals surface area contributed by atoms with Crippen LogP contribution in [0.5, 0.6) is 5.75 Å². The summed E-state index contributed by atoms with van der Waals surface area (Å²) in [6.07, 6.45) is -3.45. The predicted molar refractivity (Wildman–Crippen MR) is 67.4 cm³/mol. The fraction of sp³-hybridized carbons (Fsp3) is 0.500. The summed E-state index contributed by atoms with van der Waals surface area (Å²) in [6.45, 7) is 1.39. The van der Waals surface area contributed by atoms with Crippen LogP contribution in [-0.4, -0.2) is 32.1 Å². The Kier molecular flexibility index (Phi) is 7.09. The molecule has 1 aromatic rings. The van der Waals surface area contributed by atoms with Gasteiger partial charge < -0.3 is 9.64 Å². The van der Waals surface area contributed by atoms with E-state index in [1.807, 2.05) is 19.0 Å². The normalized spacial score (nSPS) is 11.2. The van der Waals surface area contributed by atoms with Crippen molar-refractivity contribution in [2.75, 3.05) is 27.2 Å². The first-order valence-corrected chi connectivity index (χ1v) is 5.34. The van der Waals surface area contributed by atoms with Gasteiger partial charge in [0.05, 0.1) is 12.2 Å². The van der Waals surface area contributed by atoms with Crippen molar-refractivity contribution < 1.29 is 17.9 Å². The molecular formula is C12H17ClF3NO. The van der Waals surface area contributed by atoms with Crippen LogP contribution in [0.4, 0.5) is 13.2 Å². The van der Waals surface area contributed by atoms with Crippen molar-refractivity contribution in [3.8, 4) is 5.75 Å². The monoisotopic (exact) mass is 283 g/mol. The second-order valence-electron chi connectivity index (χ2n) is 4.03. The SMILES string of the molecule is CN(C)CCCOc1ccc(C(F)(F)F)cc1.Cl. The van der Waals surface area contributed by atoms with Crippen LogP contribution in [-0.2, 0) is 6.18 Å². The Bertz CT molecular complexity index is 338. The standard InChI is InChI=1S/C12H16F3NO.ClH/c1-16(2)8-3-9-17-11-6-4-10(5-7-11)12(13,14)15;/h4-7H,3,8-9H2,1-2H3;1H. The van der Waals surface area contributed by atoms with E-state index in [1.54, 1.807) is 0 Å². The summed E-state index contributed by atoms with van der Waals surface area (Å²) >= 11 is 0. The Morgan fingerprint density at radius 2 is 1.67 bits per heavy atom. The van der Waals surface area contributed by atoms with Crippen molar-refractivity contribution in [2.45, 2.75) is 12.6 Å². The molecule has 0 spiro atoms. The van der Waals surface area contributed by atoms with Gasteiger partial charge in [-0.15, -0.1) is 12.4 Å². The van der Waals surface area contributed by atoms with E-state index >= 15 is 0 Å². The lowest BCUT2D eigenvalue weighted by molar-refractivity contribution is -0.137. The Labute approximate surface area is 111 Å². The van der Waals surface area contributed by atoms with Crippen LogP contribution in [0.15, 0.2) is 24.3 Å². The van der Waals surface area contributed by atoms with E-state index in [-0.39, 0.29) is 12.4 Å². The number of rotatable bonds is 5. The van der Waals surface area contributed by atoms with Crippen molar-refractivity contribution in [1.82, 2.24) is 4.90 Å². The molecule has 0 aliphatic carbocycles. The second-order valence-corrected chi connectivity index (χ2v) is 4.03. The zero-order valence-electron chi connectivity index (χ0n) is 10.3. The fourth-order valence-electron chi connectivity index (χ4n) is 1.31. The van der Waals surface area contributed by atoms with Gasteiger partial charge in [-0.05, 0) is 44.8 Å². The van der Waals surface area contributed by atoms with Crippen LogP contribution >= 0.6 is 12.4 Å². The largest absolute Gasteiger partial charge is 0.494 e. The Hall–Kier alpha value is -0.940. The average Bonchev–Trinajstić information content (AvgIpc) is 2.23. The average molecular weight is 284 g/mol. The van der Waals surface area contributed by atoms with Crippen molar-refractivity contribution in [2.24, 2.45) is 0 Å². The molecule has 0 saturated carbocycles. The topological polar surface area (TPSA) is 12.5 Å². The molecule has 0 amide bonds. The molecule has 0 unspecified atom stereocenters. The lowest BCUT2D eigenvalue weighted by Gasteiger charge is -2.11. The smallest absolute Gasteiger partial charge is 0.416 e. The molecule has 0 saturated heterocycles. The highest BCUT2D eigenvalue weighted by molar-refractivity contribution is 5.85. The van der Waals surface area contributed by atoms with Gasteiger partial charge in [0, 0.05) is 6.54 Å². The minimum absolute atomic E-state index is 0. The molecule has 0 N–H and O–H groups in total. The summed E-state index contributed by atoms with van der Waals surface area (Å²) in [5.74, 6) is 0.469. The van der Waals surface area contributed by atoms with Gasteiger partial charge in [-0.25, -0.2) is 0 Å². The second kappa shape index (κ2) is 7.48. The van der Waals surface area contributed by atoms with Crippen LogP contribution in [0.3, 0.4) is 0 Å². The minimum Gasteiger partial charge on any atom is -0.494 e. The van der Waals surface area contributed by atoms with Crippen molar-refractivity contribution in [1.29, 1.82) is 0 Å². The first-order valence-electron chi connectivity index (χ1n) is 5.34. The highest BCUT2D eigenvalue weighted by Gasteiger charge is 2.29. The van der Waals surface area contributed by atoms with E-state index in [9.17, 15) is 13.2 Å². The number of hydrogen-bond donors (Lipinski definition) is 0. The van der Waals surface area contributed by atoms with E-state index in [0.717, 1.165) is 25.1 Å². The van der Waals surface area contributed by atoms with E-state index in [0.29, 0.717) is 12.4 Å². The molecule has 6 heteroatoms. The number of halogens is 4. The highest BCUT2D eigenvalue weighted by atomic mass is 35.5. The van der Waals surface area contributed by atoms with Gasteiger partial charge in [-0.1, -0.05) is 0 Å². The van der Waals surface area contributed by atoms with E-state index in [4.69, 9.17) is 4.74 Å². The first-order chi connectivity index (χ1) is 7.89. The van der Waals surface area contributed by atoms with Gasteiger partial charge in [0.15, 0.2) is 0 Å². The van der Waals surface area contributed by atoms with E-state index in [1.165, 1.54) is 12.1 Å². The number of benzene rings is 1. The van der Waals surface area contributed by atoms with Gasteiger partial charge in [-0.2, -0.15) is 13.2 Å². The molecule has 0 atom stereocenters. The van der Waals surface area contributed by atoms with Gasteiger partial charge >= 0.3 is 6.18 Å². The third-order valence-electron chi connectivity index (χ3n) is 2.20. The van der Waals surface area contributed by atoms with E-state index < -0.39 is 11.7 Å². The third kappa shape index (κ3) is 6.12. The van der Waals surface area contributed by atoms with Gasteiger partial charge in [-0.3, -0.25) is 0 Å². The summed E-state index contributed by atoms with van der Waals surface area (Å²) < 4.78 is 42.1. The summed E-state index contributed by atoms with van der Waals surface area (Å²) in [6, 6.07) is 4.75. The molecule has 0 fully saturated rings. The number of alkyl halides is 3. The van der Waals surface area contributed by atoms with Crippen LogP contribution in [0, 0.1) is 0 Å². The Balaban J connectivity index is 0.00000289. The third-order valence-corrected chi connectivity index (χ3v) is 2.20. The molecule has 0 aromatic heterocycles. The summed E-state index contributed by atoms with van der Waals surface area (Å²) in [4.78, 5) is 2.02. The molecule has 2 nitrogen and oxygen atoms in total. The maximum atomic E-state index is 12.3. The van der Waals surface area contributed by atoms with Crippen molar-refractivity contribution >= 4 is 12.4 Å². The summed E-state index contributed by atoms with van der Waals surface area (Å²) in [7, 11) is 3.91. The van der Waals surface area contributed by atoms with Crippen LogP contribution < -0.4 is 4.74 Å². The van der Waals surface area contributed by atoms with Crippen molar-refractivity contribution in [3.63, 3.8) is 0 Å². The zero-order chi connectivity index (χ0) is 12.9. The van der Waals surface area contributed by atoms with Crippen LogP contribution in [0.2, 0.25) is 0 Å². The predicted octanol–water partition coefficient (Wildman–Crippen LogP) is 3.46. The molecular weight excluding hydrogens is 267 g/mol. The zero-order valence-corrected chi connectivity index (χ0v) is 11.1. The lowest BCUT2D eigenvalue weighted by Crippen LogP contribution is -2.15. The molecule has 0 heterocycles.